The minimum absolute atomic E-state index is 0.0992. The number of hydrogen-bond acceptors (Lipinski definition) is 6. The Kier molecular flexibility index (Phi) is 5.45. The minimum Gasteiger partial charge on any atom is -0.456 e. The highest BCUT2D eigenvalue weighted by Gasteiger charge is 2.13. The van der Waals surface area contributed by atoms with Gasteiger partial charge in [0.05, 0.1) is 16.3 Å². The number of aryl methyl sites for hydroxylation is 1. The number of fused-ring (bicyclic) bond motifs is 1. The molecule has 1 aromatic carbocycles. The van der Waals surface area contributed by atoms with E-state index in [4.69, 9.17) is 16.3 Å². The van der Waals surface area contributed by atoms with Crippen LogP contribution in [0.5, 0.6) is 0 Å². The molecule has 0 amide bonds. The predicted octanol–water partition coefficient (Wildman–Crippen LogP) is 3.50. The molecule has 3 aromatic rings. The number of unbranched alkanes of at least 4 members (excludes halogenated alkanes) is 1. The predicted molar refractivity (Wildman–Crippen MR) is 96.3 cm³/mol. The second-order valence-corrected chi connectivity index (χ2v) is 6.88. The molecule has 0 unspecified atom stereocenters. The fourth-order valence-electron chi connectivity index (χ4n) is 2.24. The van der Waals surface area contributed by atoms with E-state index in [9.17, 15) is 9.59 Å². The van der Waals surface area contributed by atoms with Gasteiger partial charge in [-0.15, -0.1) is 0 Å². The minimum atomic E-state index is -0.555. The van der Waals surface area contributed by atoms with Crippen molar-refractivity contribution in [2.75, 3.05) is 0 Å². The Morgan fingerprint density at radius 2 is 2.16 bits per heavy atom. The lowest BCUT2D eigenvalue weighted by Gasteiger charge is -2.05. The number of benzene rings is 1. The van der Waals surface area contributed by atoms with Gasteiger partial charge in [0.25, 0.3) is 5.56 Å². The molecule has 25 heavy (non-hydrogen) atoms. The van der Waals surface area contributed by atoms with E-state index in [-0.39, 0.29) is 17.7 Å². The first-order valence-corrected chi connectivity index (χ1v) is 9.08. The monoisotopic (exact) mass is 377 g/mol. The molecule has 0 aliphatic rings. The van der Waals surface area contributed by atoms with Crippen LogP contribution in [-0.4, -0.2) is 20.6 Å². The first kappa shape index (κ1) is 17.6. The molecule has 6 nitrogen and oxygen atoms in total. The van der Waals surface area contributed by atoms with Crippen molar-refractivity contribution < 1.29 is 9.53 Å². The smallest absolute Gasteiger partial charge is 0.340 e. The topological polar surface area (TPSA) is 73.6 Å². The summed E-state index contributed by atoms with van der Waals surface area (Å²) in [6, 6.07) is 7.96. The zero-order chi connectivity index (χ0) is 17.8. The van der Waals surface area contributed by atoms with Gasteiger partial charge in [-0.1, -0.05) is 48.4 Å². The maximum Gasteiger partial charge on any atom is 0.340 e. The first-order chi connectivity index (χ1) is 12.1. The van der Waals surface area contributed by atoms with Crippen molar-refractivity contribution in [1.82, 2.24) is 14.6 Å². The van der Waals surface area contributed by atoms with Crippen LogP contribution in [0.3, 0.4) is 0 Å². The van der Waals surface area contributed by atoms with Gasteiger partial charge >= 0.3 is 5.97 Å². The van der Waals surface area contributed by atoms with Crippen LogP contribution < -0.4 is 5.56 Å². The Labute approximate surface area is 153 Å². The quantitative estimate of drug-likeness (QED) is 0.614. The highest BCUT2D eigenvalue weighted by Crippen LogP contribution is 2.17. The van der Waals surface area contributed by atoms with Crippen LogP contribution in [0.4, 0.5) is 0 Å². The van der Waals surface area contributed by atoms with E-state index in [1.807, 2.05) is 0 Å². The van der Waals surface area contributed by atoms with Gasteiger partial charge in [0.15, 0.2) is 0 Å². The fraction of sp³-hybridized carbons (Fsp3) is 0.294. The molecule has 130 valence electrons. The molecule has 0 saturated carbocycles. The van der Waals surface area contributed by atoms with Crippen LogP contribution in [0.25, 0.3) is 4.96 Å². The van der Waals surface area contributed by atoms with Crippen molar-refractivity contribution in [3.05, 3.63) is 62.0 Å². The molecular formula is C17H16ClN3O3S. The zero-order valence-corrected chi connectivity index (χ0v) is 15.1. The van der Waals surface area contributed by atoms with Crippen molar-refractivity contribution in [2.24, 2.45) is 0 Å². The summed E-state index contributed by atoms with van der Waals surface area (Å²) in [7, 11) is 0. The van der Waals surface area contributed by atoms with Crippen LogP contribution in [0.2, 0.25) is 5.02 Å². The summed E-state index contributed by atoms with van der Waals surface area (Å²) in [5.41, 5.74) is 0.380. The average Bonchev–Trinajstić information content (AvgIpc) is 3.02. The molecule has 0 aliphatic carbocycles. The number of carbonyl (C=O) groups excluding carboxylic acids is 1. The summed E-state index contributed by atoms with van der Waals surface area (Å²) >= 11 is 7.35. The standard InChI is InChI=1S/C17H16ClN3O3S/c1-2-3-8-14-20-21-15(22)9-11(19-17(21)25-14)10-24-16(23)12-6-4-5-7-13(12)18/h4-7,9H,2-3,8,10H2,1H3. The van der Waals surface area contributed by atoms with Crippen molar-refractivity contribution >= 4 is 33.9 Å². The molecule has 2 heterocycles. The summed E-state index contributed by atoms with van der Waals surface area (Å²) in [4.78, 5) is 29.1. The Bertz CT molecular complexity index is 967. The molecule has 3 rings (SSSR count). The lowest BCUT2D eigenvalue weighted by atomic mass is 10.2. The van der Waals surface area contributed by atoms with Crippen molar-refractivity contribution in [1.29, 1.82) is 0 Å². The maximum absolute atomic E-state index is 12.2. The molecule has 0 fully saturated rings. The van der Waals surface area contributed by atoms with Crippen LogP contribution in [-0.2, 0) is 17.8 Å². The summed E-state index contributed by atoms with van der Waals surface area (Å²) in [6.45, 7) is 2.00. The Balaban J connectivity index is 1.76. The van der Waals surface area contributed by atoms with Crippen LogP contribution in [0, 0.1) is 0 Å². The highest BCUT2D eigenvalue weighted by atomic mass is 35.5. The second kappa shape index (κ2) is 7.76. The Hall–Kier alpha value is -2.25. The molecule has 0 radical (unpaired) electrons. The van der Waals surface area contributed by atoms with E-state index in [2.05, 4.69) is 17.0 Å². The molecular weight excluding hydrogens is 362 g/mol. The molecule has 0 saturated heterocycles. The zero-order valence-electron chi connectivity index (χ0n) is 13.6. The van der Waals surface area contributed by atoms with Gasteiger partial charge in [0.1, 0.15) is 11.6 Å². The number of rotatable bonds is 6. The number of aromatic nitrogens is 3. The van der Waals surface area contributed by atoms with E-state index >= 15 is 0 Å². The molecule has 8 heteroatoms. The highest BCUT2D eigenvalue weighted by molar-refractivity contribution is 7.16. The van der Waals surface area contributed by atoms with Gasteiger partial charge in [-0.25, -0.2) is 9.78 Å². The van der Waals surface area contributed by atoms with Crippen molar-refractivity contribution in [3.63, 3.8) is 0 Å². The number of ether oxygens (including phenoxy) is 1. The number of esters is 1. The SMILES string of the molecule is CCCCc1nn2c(=O)cc(COC(=O)c3ccccc3Cl)nc2s1. The third-order valence-corrected chi connectivity index (χ3v) is 4.83. The fourth-order valence-corrected chi connectivity index (χ4v) is 3.42. The van der Waals surface area contributed by atoms with Gasteiger partial charge in [0, 0.05) is 12.5 Å². The van der Waals surface area contributed by atoms with E-state index in [0.29, 0.717) is 15.7 Å². The lowest BCUT2D eigenvalue weighted by molar-refractivity contribution is 0.0468. The van der Waals surface area contributed by atoms with Crippen LogP contribution in [0.15, 0.2) is 35.1 Å². The number of halogens is 1. The van der Waals surface area contributed by atoms with E-state index in [0.717, 1.165) is 24.3 Å². The molecule has 0 N–H and O–H groups in total. The van der Waals surface area contributed by atoms with Crippen molar-refractivity contribution in [3.8, 4) is 0 Å². The number of nitrogens with zero attached hydrogens (tertiary/aromatic N) is 3. The molecule has 0 spiro atoms. The van der Waals surface area contributed by atoms with Gasteiger partial charge in [0.2, 0.25) is 4.96 Å². The van der Waals surface area contributed by atoms with Gasteiger partial charge in [-0.2, -0.15) is 9.61 Å². The van der Waals surface area contributed by atoms with E-state index in [1.54, 1.807) is 24.3 Å². The van der Waals surface area contributed by atoms with Gasteiger partial charge < -0.3 is 4.74 Å². The third-order valence-electron chi connectivity index (χ3n) is 3.53. The molecule has 0 aliphatic heterocycles. The second-order valence-electron chi connectivity index (χ2n) is 5.44. The molecule has 2 aromatic heterocycles. The summed E-state index contributed by atoms with van der Waals surface area (Å²) in [5, 5.41) is 5.47. The lowest BCUT2D eigenvalue weighted by Crippen LogP contribution is -2.16. The van der Waals surface area contributed by atoms with E-state index < -0.39 is 5.97 Å². The molecule has 0 bridgehead atoms. The van der Waals surface area contributed by atoms with E-state index in [1.165, 1.54) is 21.9 Å². The summed E-state index contributed by atoms with van der Waals surface area (Å²) in [5.74, 6) is -0.555. The normalized spacial score (nSPS) is 11.0. The van der Waals surface area contributed by atoms with Crippen LogP contribution in [0.1, 0.15) is 40.8 Å². The number of hydrogen-bond donors (Lipinski definition) is 0. The summed E-state index contributed by atoms with van der Waals surface area (Å²) in [6.07, 6.45) is 2.89. The van der Waals surface area contributed by atoms with Crippen LogP contribution >= 0.6 is 22.9 Å². The number of carbonyl (C=O) groups is 1. The summed E-state index contributed by atoms with van der Waals surface area (Å²) < 4.78 is 6.51. The first-order valence-electron chi connectivity index (χ1n) is 7.89. The largest absolute Gasteiger partial charge is 0.456 e. The van der Waals surface area contributed by atoms with Gasteiger partial charge in [-0.3, -0.25) is 4.79 Å². The van der Waals surface area contributed by atoms with Crippen molar-refractivity contribution in [2.45, 2.75) is 32.8 Å². The van der Waals surface area contributed by atoms with Gasteiger partial charge in [-0.05, 0) is 18.6 Å². The molecule has 0 atom stereocenters. The average molecular weight is 378 g/mol. The Morgan fingerprint density at radius 3 is 2.92 bits per heavy atom. The Morgan fingerprint density at radius 1 is 1.36 bits per heavy atom. The third kappa shape index (κ3) is 4.05. The maximum atomic E-state index is 12.2.